The van der Waals surface area contributed by atoms with Crippen LogP contribution < -0.4 is 5.19 Å². The van der Waals surface area contributed by atoms with E-state index in [1.807, 2.05) is 18.5 Å². The molecule has 1 nitrogen and oxygen atoms in total. The maximum Gasteiger partial charge on any atom is 0.0796 e. The third kappa shape index (κ3) is 1.67. The van der Waals surface area contributed by atoms with E-state index in [0.29, 0.717) is 0 Å². The molecule has 0 N–H and O–H groups in total. The summed E-state index contributed by atoms with van der Waals surface area (Å²) < 4.78 is 0. The van der Waals surface area contributed by atoms with Gasteiger partial charge in [0, 0.05) is 12.4 Å². The van der Waals surface area contributed by atoms with Crippen LogP contribution in [0.3, 0.4) is 0 Å². The summed E-state index contributed by atoms with van der Waals surface area (Å²) in [6.45, 7) is 6.97. The van der Waals surface area contributed by atoms with E-state index in [4.69, 9.17) is 0 Å². The summed E-state index contributed by atoms with van der Waals surface area (Å²) in [6, 6.07) is 4.17. The van der Waals surface area contributed by atoms with Crippen LogP contribution >= 0.6 is 0 Å². The zero-order valence-corrected chi connectivity index (χ0v) is 7.76. The summed E-state index contributed by atoms with van der Waals surface area (Å²) in [5, 5.41) is 1.43. The molecule has 0 atom stereocenters. The van der Waals surface area contributed by atoms with E-state index < -0.39 is 8.07 Å². The smallest absolute Gasteiger partial charge is 0.0796 e. The second-order valence-corrected chi connectivity index (χ2v) is 8.57. The number of rotatable bonds is 1. The maximum absolute atomic E-state index is 4.09. The van der Waals surface area contributed by atoms with Crippen molar-refractivity contribution in [3.63, 3.8) is 0 Å². The molecule has 2 heteroatoms. The highest BCUT2D eigenvalue weighted by atomic mass is 28.3. The maximum atomic E-state index is 4.09. The number of pyridine rings is 1. The van der Waals surface area contributed by atoms with Gasteiger partial charge in [0.25, 0.3) is 0 Å². The van der Waals surface area contributed by atoms with Crippen molar-refractivity contribution >= 4 is 13.3 Å². The molecule has 0 aliphatic heterocycles. The number of aromatic nitrogens is 1. The van der Waals surface area contributed by atoms with E-state index in [1.54, 1.807) is 0 Å². The third-order valence-electron chi connectivity index (χ3n) is 1.53. The quantitative estimate of drug-likeness (QED) is 0.556. The monoisotopic (exact) mass is 151 g/mol. The first-order chi connectivity index (χ1) is 4.61. The summed E-state index contributed by atoms with van der Waals surface area (Å²) in [5.74, 6) is 0. The molecule has 0 aromatic carbocycles. The first-order valence-electron chi connectivity index (χ1n) is 3.51. The van der Waals surface area contributed by atoms with Gasteiger partial charge in [-0.05, 0) is 11.3 Å². The topological polar surface area (TPSA) is 12.9 Å². The first kappa shape index (κ1) is 7.47. The Labute approximate surface area is 63.1 Å². The van der Waals surface area contributed by atoms with Crippen molar-refractivity contribution in [3.05, 3.63) is 24.5 Å². The molecule has 0 aliphatic rings. The van der Waals surface area contributed by atoms with Gasteiger partial charge in [-0.3, -0.25) is 4.98 Å². The lowest BCUT2D eigenvalue weighted by Crippen LogP contribution is -2.37. The fraction of sp³-hybridized carbons (Fsp3) is 0.375. The van der Waals surface area contributed by atoms with Gasteiger partial charge in [-0.15, -0.1) is 0 Å². The Morgan fingerprint density at radius 1 is 1.30 bits per heavy atom. The molecule has 10 heavy (non-hydrogen) atoms. The zero-order valence-electron chi connectivity index (χ0n) is 6.76. The summed E-state index contributed by atoms with van der Waals surface area (Å²) in [4.78, 5) is 4.09. The minimum absolute atomic E-state index is 1.10. The first-order valence-corrected chi connectivity index (χ1v) is 7.01. The van der Waals surface area contributed by atoms with Gasteiger partial charge in [0.2, 0.25) is 0 Å². The lowest BCUT2D eigenvalue weighted by atomic mass is 10.5. The Kier molecular flexibility index (Phi) is 1.90. The molecule has 54 valence electrons. The van der Waals surface area contributed by atoms with Crippen molar-refractivity contribution in [2.45, 2.75) is 19.6 Å². The predicted octanol–water partition coefficient (Wildman–Crippen LogP) is 1.63. The van der Waals surface area contributed by atoms with Crippen LogP contribution in [0, 0.1) is 0 Å². The SMILES string of the molecule is C[Si](C)(C)c1cccnc1. The van der Waals surface area contributed by atoms with Crippen molar-refractivity contribution < 1.29 is 0 Å². The van der Waals surface area contributed by atoms with Crippen molar-refractivity contribution in [2.24, 2.45) is 0 Å². The van der Waals surface area contributed by atoms with E-state index in [0.717, 1.165) is 0 Å². The Hall–Kier alpha value is -0.633. The highest BCUT2D eigenvalue weighted by Gasteiger charge is 2.15. The molecule has 0 amide bonds. The van der Waals surface area contributed by atoms with Crippen LogP contribution in [0.25, 0.3) is 0 Å². The summed E-state index contributed by atoms with van der Waals surface area (Å²) >= 11 is 0. The minimum Gasteiger partial charge on any atom is -0.265 e. The fourth-order valence-electron chi connectivity index (χ4n) is 0.806. The van der Waals surface area contributed by atoms with Crippen molar-refractivity contribution in [1.82, 2.24) is 4.98 Å². The molecule has 1 aromatic rings. The van der Waals surface area contributed by atoms with Gasteiger partial charge in [-0.1, -0.05) is 25.7 Å². The van der Waals surface area contributed by atoms with Crippen LogP contribution in [0.1, 0.15) is 0 Å². The molecule has 0 bridgehead atoms. The Bertz CT molecular complexity index is 200. The molecule has 0 fully saturated rings. The van der Waals surface area contributed by atoms with E-state index >= 15 is 0 Å². The van der Waals surface area contributed by atoms with Crippen LogP contribution in [0.15, 0.2) is 24.5 Å². The molecule has 0 unspecified atom stereocenters. The Morgan fingerprint density at radius 2 is 2.00 bits per heavy atom. The minimum atomic E-state index is -1.10. The highest BCUT2D eigenvalue weighted by Crippen LogP contribution is 1.99. The summed E-state index contributed by atoms with van der Waals surface area (Å²) in [5.41, 5.74) is 0. The Morgan fingerprint density at radius 3 is 2.30 bits per heavy atom. The Balaban J connectivity index is 2.97. The van der Waals surface area contributed by atoms with Crippen molar-refractivity contribution in [1.29, 1.82) is 0 Å². The number of hydrogen-bond donors (Lipinski definition) is 0. The molecule has 1 rings (SSSR count). The van der Waals surface area contributed by atoms with Crippen LogP contribution in [0.2, 0.25) is 19.6 Å². The summed E-state index contributed by atoms with van der Waals surface area (Å²) in [7, 11) is -1.10. The van der Waals surface area contributed by atoms with Gasteiger partial charge >= 0.3 is 0 Å². The molecule has 1 aromatic heterocycles. The molecule has 0 saturated heterocycles. The van der Waals surface area contributed by atoms with Crippen molar-refractivity contribution in [2.75, 3.05) is 0 Å². The predicted molar refractivity (Wildman–Crippen MR) is 47.2 cm³/mol. The number of nitrogens with zero attached hydrogens (tertiary/aromatic N) is 1. The molecule has 0 aliphatic carbocycles. The molecular weight excluding hydrogens is 138 g/mol. The third-order valence-corrected chi connectivity index (χ3v) is 3.56. The van der Waals surface area contributed by atoms with Crippen LogP contribution in [0.5, 0.6) is 0 Å². The molecule has 1 heterocycles. The molecule has 0 spiro atoms. The number of hydrogen-bond acceptors (Lipinski definition) is 1. The fourth-order valence-corrected chi connectivity index (χ4v) is 1.86. The second-order valence-electron chi connectivity index (χ2n) is 3.49. The van der Waals surface area contributed by atoms with E-state index in [2.05, 4.69) is 30.7 Å². The van der Waals surface area contributed by atoms with Crippen molar-refractivity contribution in [3.8, 4) is 0 Å². The van der Waals surface area contributed by atoms with Crippen LogP contribution in [-0.2, 0) is 0 Å². The normalized spacial score (nSPS) is 11.5. The van der Waals surface area contributed by atoms with Gasteiger partial charge in [0.15, 0.2) is 0 Å². The standard InChI is InChI=1S/C8H13NSi/c1-10(2,3)8-5-4-6-9-7-8/h4-7H,1-3H3. The average Bonchev–Trinajstić information content (AvgIpc) is 1.88. The summed E-state index contributed by atoms with van der Waals surface area (Å²) in [6.07, 6.45) is 3.80. The van der Waals surface area contributed by atoms with Crippen LogP contribution in [-0.4, -0.2) is 13.1 Å². The van der Waals surface area contributed by atoms with Gasteiger partial charge in [0.05, 0.1) is 8.07 Å². The van der Waals surface area contributed by atoms with E-state index in [9.17, 15) is 0 Å². The van der Waals surface area contributed by atoms with Gasteiger partial charge < -0.3 is 0 Å². The molecule has 0 radical (unpaired) electrons. The van der Waals surface area contributed by atoms with Gasteiger partial charge in [-0.2, -0.15) is 0 Å². The molecular formula is C8H13NSi. The zero-order chi connectivity index (χ0) is 7.61. The lowest BCUT2D eigenvalue weighted by molar-refractivity contribution is 1.34. The lowest BCUT2D eigenvalue weighted by Gasteiger charge is -2.14. The van der Waals surface area contributed by atoms with Crippen LogP contribution in [0.4, 0.5) is 0 Å². The van der Waals surface area contributed by atoms with E-state index in [-0.39, 0.29) is 0 Å². The van der Waals surface area contributed by atoms with Gasteiger partial charge in [-0.25, -0.2) is 0 Å². The van der Waals surface area contributed by atoms with Gasteiger partial charge in [0.1, 0.15) is 0 Å². The molecule has 0 saturated carbocycles. The average molecular weight is 151 g/mol. The largest absolute Gasteiger partial charge is 0.265 e. The second kappa shape index (κ2) is 2.54. The van der Waals surface area contributed by atoms with E-state index in [1.165, 1.54) is 5.19 Å². The highest BCUT2D eigenvalue weighted by molar-refractivity contribution is 6.88.